The number of rotatable bonds is 5. The molecule has 0 saturated heterocycles. The van der Waals surface area contributed by atoms with Crippen molar-refractivity contribution in [3.05, 3.63) is 70.9 Å². The second kappa shape index (κ2) is 7.99. The van der Waals surface area contributed by atoms with Gasteiger partial charge in [-0.3, -0.25) is 14.6 Å². The molecule has 0 atom stereocenters. The first-order valence-corrected chi connectivity index (χ1v) is 8.92. The fourth-order valence-corrected chi connectivity index (χ4v) is 3.18. The number of aryl methyl sites for hydroxylation is 2. The van der Waals surface area contributed by atoms with E-state index in [-0.39, 0.29) is 18.2 Å². The molecule has 5 nitrogen and oxygen atoms in total. The van der Waals surface area contributed by atoms with Gasteiger partial charge in [0.2, 0.25) is 11.8 Å². The van der Waals surface area contributed by atoms with Gasteiger partial charge >= 0.3 is 0 Å². The van der Waals surface area contributed by atoms with Crippen LogP contribution in [-0.2, 0) is 22.4 Å². The molecule has 0 aliphatic heterocycles. The van der Waals surface area contributed by atoms with Crippen molar-refractivity contribution in [3.63, 3.8) is 0 Å². The number of hydrogen-bond acceptors (Lipinski definition) is 3. The van der Waals surface area contributed by atoms with Crippen molar-refractivity contribution in [2.45, 2.75) is 26.7 Å². The Bertz CT molecular complexity index is 994. The van der Waals surface area contributed by atoms with E-state index in [4.69, 9.17) is 0 Å². The molecule has 1 heterocycles. The summed E-state index contributed by atoms with van der Waals surface area (Å²) in [6, 6.07) is 15.3. The Morgan fingerprint density at radius 1 is 0.926 bits per heavy atom. The van der Waals surface area contributed by atoms with E-state index in [1.807, 2.05) is 62.4 Å². The number of likely N-dealkylation sites (N-methyl/N-ethyl adjacent to an activating group) is 1. The van der Waals surface area contributed by atoms with E-state index in [2.05, 4.69) is 15.6 Å². The van der Waals surface area contributed by atoms with E-state index in [0.29, 0.717) is 12.1 Å². The third kappa shape index (κ3) is 4.31. The van der Waals surface area contributed by atoms with Gasteiger partial charge in [0.25, 0.3) is 0 Å². The molecule has 0 aliphatic carbocycles. The average molecular weight is 361 g/mol. The van der Waals surface area contributed by atoms with Crippen LogP contribution in [0.15, 0.2) is 48.5 Å². The van der Waals surface area contributed by atoms with E-state index < -0.39 is 0 Å². The van der Waals surface area contributed by atoms with Gasteiger partial charge in [-0.15, -0.1) is 0 Å². The maximum atomic E-state index is 12.5. The Kier molecular flexibility index (Phi) is 5.50. The van der Waals surface area contributed by atoms with Gasteiger partial charge in [-0.1, -0.05) is 30.3 Å². The summed E-state index contributed by atoms with van der Waals surface area (Å²) in [5.74, 6) is -0.126. The summed E-state index contributed by atoms with van der Waals surface area (Å²) in [5.41, 5.74) is 5.49. The van der Waals surface area contributed by atoms with Crippen LogP contribution in [-0.4, -0.2) is 23.8 Å². The first-order valence-electron chi connectivity index (χ1n) is 8.92. The SMILES string of the molecule is CNC(=O)Cc1ccc(NC(=O)Cc2c(C)nc3ccccc3c2C)cc1. The van der Waals surface area contributed by atoms with Crippen LogP contribution in [0.25, 0.3) is 10.9 Å². The summed E-state index contributed by atoms with van der Waals surface area (Å²) >= 11 is 0. The molecule has 0 unspecified atom stereocenters. The van der Waals surface area contributed by atoms with E-state index in [1.54, 1.807) is 7.05 Å². The number of nitrogens with one attached hydrogen (secondary N) is 2. The number of carbonyl (C=O) groups is 2. The number of amides is 2. The largest absolute Gasteiger partial charge is 0.359 e. The summed E-state index contributed by atoms with van der Waals surface area (Å²) in [7, 11) is 1.61. The maximum Gasteiger partial charge on any atom is 0.228 e. The van der Waals surface area contributed by atoms with Gasteiger partial charge in [0.1, 0.15) is 0 Å². The van der Waals surface area contributed by atoms with Crippen LogP contribution in [0.4, 0.5) is 5.69 Å². The summed E-state index contributed by atoms with van der Waals surface area (Å²) < 4.78 is 0. The fourth-order valence-electron chi connectivity index (χ4n) is 3.18. The van der Waals surface area contributed by atoms with Gasteiger partial charge in [-0.05, 0) is 48.7 Å². The zero-order valence-corrected chi connectivity index (χ0v) is 15.8. The maximum absolute atomic E-state index is 12.5. The van der Waals surface area contributed by atoms with Crippen molar-refractivity contribution in [2.24, 2.45) is 0 Å². The Morgan fingerprint density at radius 2 is 1.63 bits per heavy atom. The zero-order valence-electron chi connectivity index (χ0n) is 15.8. The molecule has 0 radical (unpaired) electrons. The predicted molar refractivity (Wildman–Crippen MR) is 108 cm³/mol. The topological polar surface area (TPSA) is 71.1 Å². The third-order valence-electron chi connectivity index (χ3n) is 4.70. The minimum atomic E-state index is -0.0858. The highest BCUT2D eigenvalue weighted by Crippen LogP contribution is 2.23. The molecule has 5 heteroatoms. The lowest BCUT2D eigenvalue weighted by Gasteiger charge is -2.13. The molecule has 2 N–H and O–H groups in total. The third-order valence-corrected chi connectivity index (χ3v) is 4.70. The molecule has 2 aromatic carbocycles. The van der Waals surface area contributed by atoms with Crippen molar-refractivity contribution < 1.29 is 9.59 Å². The van der Waals surface area contributed by atoms with Gasteiger partial charge in [-0.25, -0.2) is 0 Å². The lowest BCUT2D eigenvalue weighted by Crippen LogP contribution is -2.20. The van der Waals surface area contributed by atoms with Crippen molar-refractivity contribution in [1.82, 2.24) is 10.3 Å². The van der Waals surface area contributed by atoms with E-state index in [0.717, 1.165) is 33.3 Å². The molecule has 1 aromatic heterocycles. The number of fused-ring (bicyclic) bond motifs is 1. The second-order valence-electron chi connectivity index (χ2n) is 6.59. The van der Waals surface area contributed by atoms with Crippen LogP contribution in [0.2, 0.25) is 0 Å². The summed E-state index contributed by atoms with van der Waals surface area (Å²) in [6.45, 7) is 3.98. The lowest BCUT2D eigenvalue weighted by atomic mass is 9.99. The number of pyridine rings is 1. The fraction of sp³-hybridized carbons (Fsp3) is 0.227. The van der Waals surface area contributed by atoms with Gasteiger partial charge in [0.05, 0.1) is 18.4 Å². The van der Waals surface area contributed by atoms with Gasteiger partial charge in [0, 0.05) is 23.8 Å². The van der Waals surface area contributed by atoms with E-state index >= 15 is 0 Å². The Labute approximate surface area is 158 Å². The molecule has 2 amide bonds. The first kappa shape index (κ1) is 18.6. The minimum absolute atomic E-state index is 0.0402. The normalized spacial score (nSPS) is 10.6. The lowest BCUT2D eigenvalue weighted by molar-refractivity contribution is -0.120. The monoisotopic (exact) mass is 361 g/mol. The van der Waals surface area contributed by atoms with Gasteiger partial charge in [0.15, 0.2) is 0 Å². The standard InChI is InChI=1S/C22H23N3O2/c1-14-18-6-4-5-7-20(18)24-15(2)19(14)13-22(27)25-17-10-8-16(9-11-17)12-21(26)23-3/h4-11H,12-13H2,1-3H3,(H,23,26)(H,25,27). The van der Waals surface area contributed by atoms with Crippen LogP contribution in [0, 0.1) is 13.8 Å². The van der Waals surface area contributed by atoms with Crippen molar-refractivity contribution in [1.29, 1.82) is 0 Å². The van der Waals surface area contributed by atoms with Crippen LogP contribution >= 0.6 is 0 Å². The molecule has 0 fully saturated rings. The van der Waals surface area contributed by atoms with Gasteiger partial charge < -0.3 is 10.6 Å². The highest BCUT2D eigenvalue weighted by atomic mass is 16.2. The van der Waals surface area contributed by atoms with Gasteiger partial charge in [-0.2, -0.15) is 0 Å². The quantitative estimate of drug-likeness (QED) is 0.732. The summed E-state index contributed by atoms with van der Waals surface area (Å²) in [4.78, 5) is 28.6. The smallest absolute Gasteiger partial charge is 0.228 e. The molecule has 3 aromatic rings. The molecular weight excluding hydrogens is 338 g/mol. The molecule has 138 valence electrons. The Balaban J connectivity index is 1.73. The summed E-state index contributed by atoms with van der Waals surface area (Å²) in [5, 5.41) is 6.59. The molecule has 3 rings (SSSR count). The second-order valence-corrected chi connectivity index (χ2v) is 6.59. The average Bonchev–Trinajstić information content (AvgIpc) is 2.66. The molecule has 27 heavy (non-hydrogen) atoms. The van der Waals surface area contributed by atoms with Crippen molar-refractivity contribution in [2.75, 3.05) is 12.4 Å². The number of para-hydroxylation sites is 1. The van der Waals surface area contributed by atoms with E-state index in [1.165, 1.54) is 0 Å². The predicted octanol–water partition coefficient (Wildman–Crippen LogP) is 3.32. The summed E-state index contributed by atoms with van der Waals surface area (Å²) in [6.07, 6.45) is 0.599. The number of anilines is 1. The number of benzene rings is 2. The van der Waals surface area contributed by atoms with Crippen molar-refractivity contribution >= 4 is 28.4 Å². The molecule has 0 aliphatic rings. The van der Waals surface area contributed by atoms with Crippen LogP contribution in [0.3, 0.4) is 0 Å². The minimum Gasteiger partial charge on any atom is -0.359 e. The molecular formula is C22H23N3O2. The van der Waals surface area contributed by atoms with Crippen LogP contribution in [0.1, 0.15) is 22.4 Å². The Hall–Kier alpha value is -3.21. The number of carbonyl (C=O) groups excluding carboxylic acids is 2. The number of nitrogens with zero attached hydrogens (tertiary/aromatic N) is 1. The molecule has 0 saturated carbocycles. The number of hydrogen-bond donors (Lipinski definition) is 2. The first-order chi connectivity index (χ1) is 13.0. The zero-order chi connectivity index (χ0) is 19.4. The van der Waals surface area contributed by atoms with Crippen LogP contribution < -0.4 is 10.6 Å². The Morgan fingerprint density at radius 3 is 2.33 bits per heavy atom. The molecule has 0 spiro atoms. The number of aromatic nitrogens is 1. The molecule has 0 bridgehead atoms. The highest BCUT2D eigenvalue weighted by molar-refractivity contribution is 5.94. The van der Waals surface area contributed by atoms with Crippen molar-refractivity contribution in [3.8, 4) is 0 Å². The van der Waals surface area contributed by atoms with Crippen LogP contribution in [0.5, 0.6) is 0 Å². The highest BCUT2D eigenvalue weighted by Gasteiger charge is 2.13. The van der Waals surface area contributed by atoms with E-state index in [9.17, 15) is 9.59 Å².